The predicted molar refractivity (Wildman–Crippen MR) is 111 cm³/mol. The van der Waals surface area contributed by atoms with Crippen LogP contribution in [0.4, 0.5) is 0 Å². The molecule has 0 aromatic heterocycles. The second-order valence-electron chi connectivity index (χ2n) is 9.05. The maximum Gasteiger partial charge on any atom is 0.185 e. The van der Waals surface area contributed by atoms with E-state index in [0.29, 0.717) is 6.61 Å². The van der Waals surface area contributed by atoms with E-state index < -0.39 is 6.29 Å². The van der Waals surface area contributed by atoms with Crippen LogP contribution in [0.5, 0.6) is 5.75 Å². The lowest BCUT2D eigenvalue weighted by molar-refractivity contribution is -0.239. The van der Waals surface area contributed by atoms with Gasteiger partial charge in [0.15, 0.2) is 6.29 Å². The third kappa shape index (κ3) is 7.00. The lowest BCUT2D eigenvalue weighted by Gasteiger charge is -2.33. The van der Waals surface area contributed by atoms with Crippen LogP contribution in [-0.4, -0.2) is 11.2 Å². The minimum atomic E-state index is -0.455. The molecule has 3 heteroatoms. The molecule has 2 aromatic carbocycles. The van der Waals surface area contributed by atoms with Crippen molar-refractivity contribution in [3.05, 3.63) is 64.7 Å². The molecule has 0 saturated carbocycles. The highest BCUT2D eigenvalue weighted by atomic mass is 16.7. The summed E-state index contributed by atoms with van der Waals surface area (Å²) in [6.45, 7) is 16.9. The van der Waals surface area contributed by atoms with Crippen molar-refractivity contribution in [3.8, 4) is 5.75 Å². The van der Waals surface area contributed by atoms with E-state index in [9.17, 15) is 0 Å². The first kappa shape index (κ1) is 21.5. The average molecular weight is 371 g/mol. The Morgan fingerprint density at radius 2 is 1.41 bits per heavy atom. The zero-order valence-electron chi connectivity index (χ0n) is 18.1. The van der Waals surface area contributed by atoms with Crippen molar-refractivity contribution in [2.45, 2.75) is 79.5 Å². The average Bonchev–Trinajstić information content (AvgIpc) is 2.53. The van der Waals surface area contributed by atoms with Crippen LogP contribution in [0.25, 0.3) is 0 Å². The fraction of sp³-hybridized carbons (Fsp3) is 0.500. The van der Waals surface area contributed by atoms with Crippen LogP contribution in [0, 0.1) is 13.8 Å². The molecule has 0 N–H and O–H groups in total. The van der Waals surface area contributed by atoms with Crippen LogP contribution in [0.1, 0.15) is 70.1 Å². The smallest absolute Gasteiger partial charge is 0.185 e. The Hall–Kier alpha value is -1.84. The normalized spacial score (nSPS) is 12.5. The van der Waals surface area contributed by atoms with Crippen molar-refractivity contribution in [3.63, 3.8) is 0 Å². The summed E-state index contributed by atoms with van der Waals surface area (Å²) >= 11 is 0. The van der Waals surface area contributed by atoms with E-state index in [1.807, 2.05) is 53.7 Å². The lowest BCUT2D eigenvalue weighted by atomic mass is 10.1. The van der Waals surface area contributed by atoms with Crippen LogP contribution in [0.15, 0.2) is 42.5 Å². The minimum Gasteiger partial charge on any atom is -0.489 e. The zero-order chi connectivity index (χ0) is 20.2. The van der Waals surface area contributed by atoms with Gasteiger partial charge in [0, 0.05) is 5.56 Å². The Balaban J connectivity index is 2.29. The molecule has 3 nitrogen and oxygen atoms in total. The van der Waals surface area contributed by atoms with Crippen LogP contribution < -0.4 is 4.74 Å². The van der Waals surface area contributed by atoms with Gasteiger partial charge in [-0.2, -0.15) is 0 Å². The second-order valence-corrected chi connectivity index (χ2v) is 9.05. The van der Waals surface area contributed by atoms with Gasteiger partial charge in [0.05, 0.1) is 11.2 Å². The SMILES string of the molecule is Cc1ccc(C)c(OCc2ccccc2C(OC(C)(C)C)OC(C)(C)C)c1. The molecule has 0 unspecified atom stereocenters. The van der Waals surface area contributed by atoms with Crippen molar-refractivity contribution >= 4 is 0 Å². The van der Waals surface area contributed by atoms with Crippen LogP contribution in [0.2, 0.25) is 0 Å². The molecule has 0 aliphatic carbocycles. The zero-order valence-corrected chi connectivity index (χ0v) is 18.1. The molecule has 0 spiro atoms. The van der Waals surface area contributed by atoms with Crippen molar-refractivity contribution in [2.24, 2.45) is 0 Å². The van der Waals surface area contributed by atoms with Gasteiger partial charge in [0.2, 0.25) is 0 Å². The Morgan fingerprint density at radius 3 is 2.00 bits per heavy atom. The molecule has 0 amide bonds. The second kappa shape index (κ2) is 8.45. The molecule has 0 aliphatic rings. The Bertz CT molecular complexity index is 735. The topological polar surface area (TPSA) is 27.7 Å². The number of ether oxygens (including phenoxy) is 3. The molecule has 0 aliphatic heterocycles. The minimum absolute atomic E-state index is 0.322. The first-order valence-electron chi connectivity index (χ1n) is 9.58. The largest absolute Gasteiger partial charge is 0.489 e. The van der Waals surface area contributed by atoms with E-state index in [1.165, 1.54) is 5.56 Å². The maximum absolute atomic E-state index is 6.26. The fourth-order valence-electron chi connectivity index (χ4n) is 2.71. The predicted octanol–water partition coefficient (Wildman–Crippen LogP) is 6.51. The van der Waals surface area contributed by atoms with E-state index in [0.717, 1.165) is 22.4 Å². The summed E-state index contributed by atoms with van der Waals surface area (Å²) < 4.78 is 18.7. The Labute approximate surface area is 164 Å². The van der Waals surface area contributed by atoms with Gasteiger partial charge in [0.25, 0.3) is 0 Å². The number of hydrogen-bond donors (Lipinski definition) is 0. The fourth-order valence-corrected chi connectivity index (χ4v) is 2.71. The summed E-state index contributed by atoms with van der Waals surface area (Å²) in [4.78, 5) is 0. The number of aryl methyl sites for hydroxylation is 2. The Morgan fingerprint density at radius 1 is 0.815 bits per heavy atom. The molecule has 148 valence electrons. The van der Waals surface area contributed by atoms with E-state index in [4.69, 9.17) is 14.2 Å². The number of rotatable bonds is 6. The molecular weight excluding hydrogens is 336 g/mol. The third-order valence-corrected chi connectivity index (χ3v) is 3.96. The van der Waals surface area contributed by atoms with Crippen LogP contribution >= 0.6 is 0 Å². The summed E-state index contributed by atoms with van der Waals surface area (Å²) in [6.07, 6.45) is -0.455. The van der Waals surface area contributed by atoms with Crippen molar-refractivity contribution < 1.29 is 14.2 Å². The van der Waals surface area contributed by atoms with Gasteiger partial charge in [-0.25, -0.2) is 0 Å². The van der Waals surface area contributed by atoms with Gasteiger partial charge >= 0.3 is 0 Å². The lowest BCUT2D eigenvalue weighted by Crippen LogP contribution is -2.30. The molecule has 0 bridgehead atoms. The van der Waals surface area contributed by atoms with E-state index in [1.54, 1.807) is 0 Å². The van der Waals surface area contributed by atoms with Gasteiger partial charge in [-0.05, 0) is 78.1 Å². The van der Waals surface area contributed by atoms with Gasteiger partial charge in [-0.3, -0.25) is 0 Å². The van der Waals surface area contributed by atoms with Crippen molar-refractivity contribution in [2.75, 3.05) is 0 Å². The molecule has 0 radical (unpaired) electrons. The van der Waals surface area contributed by atoms with E-state index in [2.05, 4.69) is 44.2 Å². The van der Waals surface area contributed by atoms with E-state index >= 15 is 0 Å². The molecule has 2 aromatic rings. The molecule has 27 heavy (non-hydrogen) atoms. The van der Waals surface area contributed by atoms with Crippen molar-refractivity contribution in [1.29, 1.82) is 0 Å². The first-order chi connectivity index (χ1) is 12.4. The van der Waals surface area contributed by atoms with Crippen LogP contribution in [0.3, 0.4) is 0 Å². The van der Waals surface area contributed by atoms with Crippen molar-refractivity contribution in [1.82, 2.24) is 0 Å². The van der Waals surface area contributed by atoms with E-state index in [-0.39, 0.29) is 11.2 Å². The monoisotopic (exact) mass is 370 g/mol. The molecule has 2 rings (SSSR count). The first-order valence-corrected chi connectivity index (χ1v) is 9.58. The standard InChI is InChI=1S/C24H34O3/c1-17-13-14-18(2)21(15-17)25-16-19-11-9-10-12-20(19)22(26-23(3,4)5)27-24(6,7)8/h9-15,22H,16H2,1-8H3. The summed E-state index contributed by atoms with van der Waals surface area (Å²) in [5.41, 5.74) is 3.75. The summed E-state index contributed by atoms with van der Waals surface area (Å²) in [5, 5.41) is 0. The molecule has 0 saturated heterocycles. The highest BCUT2D eigenvalue weighted by Crippen LogP contribution is 2.32. The molecule has 0 fully saturated rings. The molecule has 0 atom stereocenters. The Kier molecular flexibility index (Phi) is 6.72. The highest BCUT2D eigenvalue weighted by molar-refractivity contribution is 5.36. The van der Waals surface area contributed by atoms with Gasteiger partial charge in [-0.1, -0.05) is 36.4 Å². The highest BCUT2D eigenvalue weighted by Gasteiger charge is 2.27. The summed E-state index contributed by atoms with van der Waals surface area (Å²) in [5.74, 6) is 0.912. The maximum atomic E-state index is 6.26. The molecular formula is C24H34O3. The molecule has 0 heterocycles. The quantitative estimate of drug-likeness (QED) is 0.542. The van der Waals surface area contributed by atoms with Gasteiger partial charge in [0.1, 0.15) is 12.4 Å². The third-order valence-electron chi connectivity index (χ3n) is 3.96. The van der Waals surface area contributed by atoms with Gasteiger partial charge in [-0.15, -0.1) is 0 Å². The van der Waals surface area contributed by atoms with Gasteiger partial charge < -0.3 is 14.2 Å². The summed E-state index contributed by atoms with van der Waals surface area (Å²) in [6, 6.07) is 14.4. The van der Waals surface area contributed by atoms with Crippen LogP contribution in [-0.2, 0) is 16.1 Å². The number of hydrogen-bond acceptors (Lipinski definition) is 3. The number of benzene rings is 2. The summed E-state index contributed by atoms with van der Waals surface area (Å²) in [7, 11) is 0.